The second-order valence-electron chi connectivity index (χ2n) is 4.94. The summed E-state index contributed by atoms with van der Waals surface area (Å²) in [6, 6.07) is 9.56. The molecule has 0 amide bonds. The van der Waals surface area contributed by atoms with E-state index in [1.54, 1.807) is 11.8 Å². The van der Waals surface area contributed by atoms with Crippen molar-refractivity contribution in [2.24, 2.45) is 5.92 Å². The quantitative estimate of drug-likeness (QED) is 0.864. The normalized spacial score (nSPS) is 10.6. The van der Waals surface area contributed by atoms with E-state index in [4.69, 9.17) is 16.3 Å². The number of ether oxygens (including phenoxy) is 1. The summed E-state index contributed by atoms with van der Waals surface area (Å²) in [6.07, 6.45) is 0.722. The summed E-state index contributed by atoms with van der Waals surface area (Å²) in [6.45, 7) is 4.17. The van der Waals surface area contributed by atoms with Gasteiger partial charge in [-0.3, -0.25) is 0 Å². The Labute approximate surface area is 123 Å². The number of benzene rings is 1. The summed E-state index contributed by atoms with van der Waals surface area (Å²) in [7, 11) is 1.61. The molecule has 0 saturated carbocycles. The second-order valence-corrected chi connectivity index (χ2v) is 5.29. The van der Waals surface area contributed by atoms with Crippen molar-refractivity contribution in [3.05, 3.63) is 40.7 Å². The van der Waals surface area contributed by atoms with E-state index < -0.39 is 0 Å². The van der Waals surface area contributed by atoms with Gasteiger partial charge < -0.3 is 4.74 Å². The van der Waals surface area contributed by atoms with Gasteiger partial charge in [-0.25, -0.2) is 4.68 Å². The van der Waals surface area contributed by atoms with Crippen molar-refractivity contribution in [3.8, 4) is 17.5 Å². The third-order valence-electron chi connectivity index (χ3n) is 2.91. The topological polar surface area (TPSA) is 50.8 Å². The predicted molar refractivity (Wildman–Crippen MR) is 78.4 cm³/mol. The highest BCUT2D eigenvalue weighted by atomic mass is 35.5. The highest BCUT2D eigenvalue weighted by molar-refractivity contribution is 6.31. The van der Waals surface area contributed by atoms with Crippen LogP contribution in [-0.4, -0.2) is 16.9 Å². The van der Waals surface area contributed by atoms with Crippen LogP contribution in [0.25, 0.3) is 5.69 Å². The van der Waals surface area contributed by atoms with Crippen molar-refractivity contribution in [2.45, 2.75) is 20.3 Å². The number of nitrogens with zero attached hydrogens (tertiary/aromatic N) is 3. The highest BCUT2D eigenvalue weighted by Gasteiger charge is 2.18. The molecule has 0 radical (unpaired) electrons. The Bertz CT molecular complexity index is 656. The Balaban J connectivity index is 2.52. The van der Waals surface area contributed by atoms with Crippen LogP contribution in [0.15, 0.2) is 24.3 Å². The molecule has 0 aliphatic rings. The fraction of sp³-hybridized carbons (Fsp3) is 0.333. The van der Waals surface area contributed by atoms with Crippen molar-refractivity contribution in [3.63, 3.8) is 0 Å². The van der Waals surface area contributed by atoms with Crippen LogP contribution >= 0.6 is 11.6 Å². The van der Waals surface area contributed by atoms with E-state index in [-0.39, 0.29) is 0 Å². The maximum atomic E-state index is 9.26. The molecule has 1 aromatic carbocycles. The molecule has 0 unspecified atom stereocenters. The van der Waals surface area contributed by atoms with E-state index >= 15 is 0 Å². The van der Waals surface area contributed by atoms with Gasteiger partial charge in [0.25, 0.3) is 0 Å². The van der Waals surface area contributed by atoms with Gasteiger partial charge in [0.05, 0.1) is 18.5 Å². The van der Waals surface area contributed by atoms with Crippen LogP contribution in [0.5, 0.6) is 5.75 Å². The summed E-state index contributed by atoms with van der Waals surface area (Å²) in [5.74, 6) is 1.13. The van der Waals surface area contributed by atoms with Crippen molar-refractivity contribution in [1.82, 2.24) is 9.78 Å². The molecule has 1 heterocycles. The monoisotopic (exact) mass is 289 g/mol. The van der Waals surface area contributed by atoms with Crippen molar-refractivity contribution in [2.75, 3.05) is 7.11 Å². The van der Waals surface area contributed by atoms with Crippen LogP contribution in [0.4, 0.5) is 0 Å². The molecule has 0 bridgehead atoms. The fourth-order valence-corrected chi connectivity index (χ4v) is 2.28. The van der Waals surface area contributed by atoms with Crippen molar-refractivity contribution < 1.29 is 4.74 Å². The predicted octanol–water partition coefficient (Wildman–Crippen LogP) is 3.60. The molecule has 0 atom stereocenters. The lowest BCUT2D eigenvalue weighted by Gasteiger charge is -2.05. The number of nitriles is 1. The maximum absolute atomic E-state index is 9.26. The van der Waals surface area contributed by atoms with Crippen LogP contribution < -0.4 is 4.74 Å². The molecule has 20 heavy (non-hydrogen) atoms. The van der Waals surface area contributed by atoms with Gasteiger partial charge in [-0.2, -0.15) is 10.4 Å². The van der Waals surface area contributed by atoms with E-state index in [2.05, 4.69) is 25.0 Å². The first-order chi connectivity index (χ1) is 9.56. The van der Waals surface area contributed by atoms with E-state index in [0.29, 0.717) is 16.6 Å². The minimum atomic E-state index is 0.344. The van der Waals surface area contributed by atoms with Crippen molar-refractivity contribution >= 4 is 11.6 Å². The van der Waals surface area contributed by atoms with Crippen LogP contribution in [-0.2, 0) is 6.42 Å². The summed E-state index contributed by atoms with van der Waals surface area (Å²) in [5, 5.41) is 14.1. The number of aromatic nitrogens is 2. The largest absolute Gasteiger partial charge is 0.497 e. The molecule has 0 spiro atoms. The van der Waals surface area contributed by atoms with E-state index in [9.17, 15) is 5.26 Å². The zero-order valence-electron chi connectivity index (χ0n) is 11.7. The number of halogens is 1. The molecule has 0 saturated heterocycles. The summed E-state index contributed by atoms with van der Waals surface area (Å²) in [5.41, 5.74) is 1.96. The second kappa shape index (κ2) is 5.98. The summed E-state index contributed by atoms with van der Waals surface area (Å²) >= 11 is 6.28. The molecule has 0 aliphatic heterocycles. The molecular formula is C15H16ClN3O. The van der Waals surface area contributed by atoms with Crippen LogP contribution in [0.2, 0.25) is 5.15 Å². The summed E-state index contributed by atoms with van der Waals surface area (Å²) in [4.78, 5) is 0. The minimum Gasteiger partial charge on any atom is -0.497 e. The number of rotatable bonds is 4. The fourth-order valence-electron chi connectivity index (χ4n) is 1.99. The maximum Gasteiger partial charge on any atom is 0.150 e. The minimum absolute atomic E-state index is 0.344. The summed E-state index contributed by atoms with van der Waals surface area (Å²) < 4.78 is 6.78. The lowest BCUT2D eigenvalue weighted by atomic mass is 10.1. The molecule has 4 nitrogen and oxygen atoms in total. The standard InChI is InChI=1S/C15H16ClN3O/c1-10(2)7-14-13(9-17)15(16)19(18-14)11-5-4-6-12(8-11)20-3/h4-6,8,10H,7H2,1-3H3. The molecule has 0 N–H and O–H groups in total. The molecule has 104 valence electrons. The van der Waals surface area contributed by atoms with Gasteiger partial charge in [0.1, 0.15) is 17.4 Å². The lowest BCUT2D eigenvalue weighted by Crippen LogP contribution is -2.00. The van der Waals surface area contributed by atoms with Gasteiger partial charge in [0.2, 0.25) is 0 Å². The third kappa shape index (κ3) is 2.78. The molecule has 5 heteroatoms. The van der Waals surface area contributed by atoms with E-state index in [1.807, 2.05) is 24.3 Å². The smallest absolute Gasteiger partial charge is 0.150 e. The van der Waals surface area contributed by atoms with Gasteiger partial charge in [0, 0.05) is 6.07 Å². The Morgan fingerprint density at radius 3 is 2.80 bits per heavy atom. The average Bonchev–Trinajstić information content (AvgIpc) is 2.74. The van der Waals surface area contributed by atoms with Gasteiger partial charge in [-0.1, -0.05) is 31.5 Å². The molecule has 1 aromatic heterocycles. The Morgan fingerprint density at radius 1 is 1.45 bits per heavy atom. The van der Waals surface area contributed by atoms with E-state index in [0.717, 1.165) is 23.6 Å². The average molecular weight is 290 g/mol. The van der Waals surface area contributed by atoms with E-state index in [1.165, 1.54) is 0 Å². The van der Waals surface area contributed by atoms with Gasteiger partial charge in [-0.05, 0) is 24.5 Å². The molecule has 0 aliphatic carbocycles. The Kier molecular flexibility index (Phi) is 4.31. The van der Waals surface area contributed by atoms with Crippen LogP contribution in [0.3, 0.4) is 0 Å². The Hall–Kier alpha value is -1.99. The first kappa shape index (κ1) is 14.4. The highest BCUT2D eigenvalue weighted by Crippen LogP contribution is 2.26. The van der Waals surface area contributed by atoms with Gasteiger partial charge >= 0.3 is 0 Å². The molecule has 2 rings (SSSR count). The van der Waals surface area contributed by atoms with Crippen molar-refractivity contribution in [1.29, 1.82) is 5.26 Å². The van der Waals surface area contributed by atoms with Crippen LogP contribution in [0.1, 0.15) is 25.1 Å². The molecule has 0 fully saturated rings. The molecule has 2 aromatic rings. The number of hydrogen-bond donors (Lipinski definition) is 0. The van der Waals surface area contributed by atoms with Gasteiger partial charge in [-0.15, -0.1) is 0 Å². The number of methoxy groups -OCH3 is 1. The zero-order chi connectivity index (χ0) is 14.7. The first-order valence-electron chi connectivity index (χ1n) is 6.38. The Morgan fingerprint density at radius 2 is 2.20 bits per heavy atom. The van der Waals surface area contributed by atoms with Gasteiger partial charge in [0.15, 0.2) is 5.15 Å². The first-order valence-corrected chi connectivity index (χ1v) is 6.76. The third-order valence-corrected chi connectivity index (χ3v) is 3.26. The number of hydrogen-bond acceptors (Lipinski definition) is 3. The zero-order valence-corrected chi connectivity index (χ0v) is 12.5. The lowest BCUT2D eigenvalue weighted by molar-refractivity contribution is 0.414. The SMILES string of the molecule is COc1cccc(-n2nc(CC(C)C)c(C#N)c2Cl)c1. The van der Waals surface area contributed by atoms with Crippen LogP contribution in [0, 0.1) is 17.2 Å². The molecular weight excluding hydrogens is 274 g/mol.